The number of aromatic nitrogens is 2. The minimum Gasteiger partial charge on any atom is -0.481 e. The van der Waals surface area contributed by atoms with Crippen LogP contribution in [0.4, 0.5) is 0 Å². The van der Waals surface area contributed by atoms with Crippen molar-refractivity contribution in [3.05, 3.63) is 36.4 Å². The summed E-state index contributed by atoms with van der Waals surface area (Å²) >= 11 is 1.35. The van der Waals surface area contributed by atoms with E-state index in [0.717, 1.165) is 16.3 Å². The summed E-state index contributed by atoms with van der Waals surface area (Å²) < 4.78 is 2.01. The number of hydrogen-bond acceptors (Lipinski definition) is 3. The van der Waals surface area contributed by atoms with Crippen LogP contribution in [-0.2, 0) is 4.79 Å². The zero-order chi connectivity index (χ0) is 14.8. The van der Waals surface area contributed by atoms with E-state index in [0.29, 0.717) is 12.0 Å². The van der Waals surface area contributed by atoms with E-state index in [-0.39, 0.29) is 5.75 Å². The molecule has 1 N–H and O–H groups in total. The molecule has 5 heteroatoms. The number of aliphatic carboxylic acids is 1. The smallest absolute Gasteiger partial charge is 0.313 e. The number of benzene rings is 1. The van der Waals surface area contributed by atoms with Gasteiger partial charge in [0.1, 0.15) is 0 Å². The SMILES string of the molecule is CC(C1CC1)n1nc(-c2ccccc2)cc1SCC(=O)O. The third-order valence-corrected chi connectivity index (χ3v) is 4.80. The van der Waals surface area contributed by atoms with E-state index in [1.165, 1.54) is 24.6 Å². The lowest BCUT2D eigenvalue weighted by atomic mass is 10.2. The lowest BCUT2D eigenvalue weighted by Gasteiger charge is -2.14. The highest BCUT2D eigenvalue weighted by molar-refractivity contribution is 7.99. The standard InChI is InChI=1S/C16H18N2O2S/c1-11(12-7-8-12)18-15(21-10-16(19)20)9-14(17-18)13-5-3-2-4-6-13/h2-6,9,11-12H,7-8,10H2,1H3,(H,19,20). The minimum absolute atomic E-state index is 0.0668. The van der Waals surface area contributed by atoms with Gasteiger partial charge in [0.25, 0.3) is 0 Å². The molecule has 1 aliphatic carbocycles. The molecule has 1 aromatic carbocycles. The fourth-order valence-electron chi connectivity index (χ4n) is 2.44. The van der Waals surface area contributed by atoms with Gasteiger partial charge in [-0.25, -0.2) is 0 Å². The second-order valence-electron chi connectivity index (χ2n) is 5.44. The molecule has 0 radical (unpaired) electrons. The molecule has 1 atom stereocenters. The Morgan fingerprint density at radius 3 is 2.76 bits per heavy atom. The number of carboxylic acid groups (broad SMARTS) is 1. The first kappa shape index (κ1) is 14.2. The molecule has 1 saturated carbocycles. The molecule has 0 amide bonds. The molecule has 1 aromatic heterocycles. The third-order valence-electron chi connectivity index (χ3n) is 3.80. The summed E-state index contributed by atoms with van der Waals surface area (Å²) in [7, 11) is 0. The van der Waals surface area contributed by atoms with Crippen LogP contribution in [0.2, 0.25) is 0 Å². The maximum atomic E-state index is 10.8. The molecule has 4 nitrogen and oxygen atoms in total. The zero-order valence-corrected chi connectivity index (χ0v) is 12.7. The van der Waals surface area contributed by atoms with Crippen LogP contribution in [0.3, 0.4) is 0 Å². The van der Waals surface area contributed by atoms with Crippen LogP contribution in [0.1, 0.15) is 25.8 Å². The number of carbonyl (C=O) groups is 1. The van der Waals surface area contributed by atoms with Crippen molar-refractivity contribution < 1.29 is 9.90 Å². The molecule has 0 aliphatic heterocycles. The quantitative estimate of drug-likeness (QED) is 0.827. The van der Waals surface area contributed by atoms with Gasteiger partial charge < -0.3 is 5.11 Å². The van der Waals surface area contributed by atoms with Crippen LogP contribution in [0, 0.1) is 5.92 Å². The van der Waals surface area contributed by atoms with Crippen molar-refractivity contribution in [3.8, 4) is 11.3 Å². The summed E-state index contributed by atoms with van der Waals surface area (Å²) in [4.78, 5) is 10.8. The summed E-state index contributed by atoms with van der Waals surface area (Å²) in [5, 5.41) is 14.6. The number of hydrogen-bond donors (Lipinski definition) is 1. The molecule has 1 aliphatic rings. The van der Waals surface area contributed by atoms with Gasteiger partial charge in [-0.05, 0) is 31.7 Å². The minimum atomic E-state index is -0.798. The highest BCUT2D eigenvalue weighted by Crippen LogP contribution is 2.41. The van der Waals surface area contributed by atoms with Gasteiger partial charge in [0.15, 0.2) is 0 Å². The van der Waals surface area contributed by atoms with Crippen molar-refractivity contribution in [1.82, 2.24) is 9.78 Å². The van der Waals surface area contributed by atoms with Crippen molar-refractivity contribution in [1.29, 1.82) is 0 Å². The molecule has 2 aromatic rings. The Morgan fingerprint density at radius 2 is 2.14 bits per heavy atom. The van der Waals surface area contributed by atoms with E-state index in [2.05, 4.69) is 6.92 Å². The van der Waals surface area contributed by atoms with Crippen LogP contribution >= 0.6 is 11.8 Å². The molecule has 1 fully saturated rings. The molecule has 1 heterocycles. The Balaban J connectivity index is 1.92. The summed E-state index contributed by atoms with van der Waals surface area (Å²) in [6.07, 6.45) is 2.48. The predicted octanol–water partition coefficient (Wildman–Crippen LogP) is 3.70. The number of thioether (sulfide) groups is 1. The first-order valence-corrected chi connectivity index (χ1v) is 8.13. The number of carboxylic acids is 1. The number of rotatable bonds is 6. The van der Waals surface area contributed by atoms with Crippen molar-refractivity contribution in [3.63, 3.8) is 0 Å². The number of nitrogens with zero attached hydrogens (tertiary/aromatic N) is 2. The summed E-state index contributed by atoms with van der Waals surface area (Å²) in [5.74, 6) is -0.0529. The predicted molar refractivity (Wildman–Crippen MR) is 83.5 cm³/mol. The molecule has 110 valence electrons. The van der Waals surface area contributed by atoms with Gasteiger partial charge in [-0.3, -0.25) is 9.48 Å². The first-order chi connectivity index (χ1) is 10.1. The maximum Gasteiger partial charge on any atom is 0.313 e. The van der Waals surface area contributed by atoms with Gasteiger partial charge in [0.2, 0.25) is 0 Å². The van der Waals surface area contributed by atoms with Gasteiger partial charge in [-0.15, -0.1) is 0 Å². The Morgan fingerprint density at radius 1 is 1.43 bits per heavy atom. The van der Waals surface area contributed by atoms with Crippen LogP contribution in [0.25, 0.3) is 11.3 Å². The maximum absolute atomic E-state index is 10.8. The van der Waals surface area contributed by atoms with Crippen LogP contribution in [-0.4, -0.2) is 26.6 Å². The second-order valence-corrected chi connectivity index (χ2v) is 6.43. The van der Waals surface area contributed by atoms with E-state index >= 15 is 0 Å². The summed E-state index contributed by atoms with van der Waals surface area (Å²) in [6, 6.07) is 12.3. The molecule has 0 spiro atoms. The van der Waals surface area contributed by atoms with Crippen LogP contribution in [0.15, 0.2) is 41.4 Å². The first-order valence-electron chi connectivity index (χ1n) is 7.14. The van der Waals surface area contributed by atoms with Gasteiger partial charge >= 0.3 is 5.97 Å². The largest absolute Gasteiger partial charge is 0.481 e. The third kappa shape index (κ3) is 3.29. The van der Waals surface area contributed by atoms with Crippen molar-refractivity contribution >= 4 is 17.7 Å². The van der Waals surface area contributed by atoms with E-state index in [4.69, 9.17) is 10.2 Å². The monoisotopic (exact) mass is 302 g/mol. The topological polar surface area (TPSA) is 55.1 Å². The lowest BCUT2D eigenvalue weighted by molar-refractivity contribution is -0.133. The average Bonchev–Trinajstić information content (AvgIpc) is 3.25. The van der Waals surface area contributed by atoms with Gasteiger partial charge in [0.05, 0.1) is 22.5 Å². The van der Waals surface area contributed by atoms with Gasteiger partial charge in [-0.2, -0.15) is 5.10 Å². The highest BCUT2D eigenvalue weighted by Gasteiger charge is 2.31. The fraction of sp³-hybridized carbons (Fsp3) is 0.375. The van der Waals surface area contributed by atoms with E-state index in [1.807, 2.05) is 41.1 Å². The zero-order valence-electron chi connectivity index (χ0n) is 11.9. The molecule has 0 saturated heterocycles. The second kappa shape index (κ2) is 5.93. The van der Waals surface area contributed by atoms with Crippen molar-refractivity contribution in [2.75, 3.05) is 5.75 Å². The van der Waals surface area contributed by atoms with E-state index in [1.54, 1.807) is 0 Å². The molecule has 3 rings (SSSR count). The Bertz CT molecular complexity index is 635. The lowest BCUT2D eigenvalue weighted by Crippen LogP contribution is -2.11. The van der Waals surface area contributed by atoms with E-state index < -0.39 is 5.97 Å². The van der Waals surface area contributed by atoms with Gasteiger partial charge in [0, 0.05) is 5.56 Å². The average molecular weight is 302 g/mol. The molecular formula is C16H18N2O2S. The molecule has 1 unspecified atom stereocenters. The Hall–Kier alpha value is -1.75. The summed E-state index contributed by atoms with van der Waals surface area (Å²) in [5.41, 5.74) is 1.98. The fourth-order valence-corrected chi connectivity index (χ4v) is 3.25. The van der Waals surface area contributed by atoms with E-state index in [9.17, 15) is 4.79 Å². The van der Waals surface area contributed by atoms with Crippen LogP contribution < -0.4 is 0 Å². The highest BCUT2D eigenvalue weighted by atomic mass is 32.2. The molecule has 21 heavy (non-hydrogen) atoms. The Labute approximate surface area is 128 Å². The normalized spacial score (nSPS) is 15.9. The van der Waals surface area contributed by atoms with Crippen LogP contribution in [0.5, 0.6) is 0 Å². The Kier molecular flexibility index (Phi) is 4.01. The van der Waals surface area contributed by atoms with Gasteiger partial charge in [-0.1, -0.05) is 42.1 Å². The molecular weight excluding hydrogens is 284 g/mol. The van der Waals surface area contributed by atoms with Crippen molar-refractivity contribution in [2.24, 2.45) is 5.92 Å². The van der Waals surface area contributed by atoms with Crippen molar-refractivity contribution in [2.45, 2.75) is 30.8 Å². The molecule has 0 bridgehead atoms. The summed E-state index contributed by atoms with van der Waals surface area (Å²) in [6.45, 7) is 2.17.